The van der Waals surface area contributed by atoms with Gasteiger partial charge >= 0.3 is 0 Å². The zero-order chi connectivity index (χ0) is 22.5. The Labute approximate surface area is 186 Å². The Morgan fingerprint density at radius 1 is 0.750 bits per heavy atom. The summed E-state index contributed by atoms with van der Waals surface area (Å²) in [4.78, 5) is 8.84. The third kappa shape index (κ3) is 4.56. The summed E-state index contributed by atoms with van der Waals surface area (Å²) in [6.07, 6.45) is 1.69. The zero-order valence-electron chi connectivity index (χ0n) is 17.7. The molecular weight excluding hydrogens is 396 g/mol. The van der Waals surface area contributed by atoms with Crippen LogP contribution in [0, 0.1) is 36.5 Å². The summed E-state index contributed by atoms with van der Waals surface area (Å²) in [7, 11) is 0. The summed E-state index contributed by atoms with van der Waals surface area (Å²) in [5.74, 6) is 1.13. The first kappa shape index (κ1) is 20.6. The average Bonchev–Trinajstić information content (AvgIpc) is 2.82. The Morgan fingerprint density at radius 2 is 1.47 bits per heavy atom. The molecule has 4 aromatic rings. The van der Waals surface area contributed by atoms with Gasteiger partial charge in [0.05, 0.1) is 23.3 Å². The van der Waals surface area contributed by atoms with E-state index in [4.69, 9.17) is 5.26 Å². The van der Waals surface area contributed by atoms with Gasteiger partial charge in [0.1, 0.15) is 5.82 Å². The van der Waals surface area contributed by atoms with Crippen LogP contribution in [0.25, 0.3) is 11.1 Å². The van der Waals surface area contributed by atoms with E-state index in [-0.39, 0.29) is 0 Å². The van der Waals surface area contributed by atoms with E-state index in [1.165, 1.54) is 0 Å². The van der Waals surface area contributed by atoms with E-state index in [0.717, 1.165) is 33.6 Å². The molecule has 0 saturated heterocycles. The van der Waals surface area contributed by atoms with Crippen LogP contribution in [-0.4, -0.2) is 9.97 Å². The Bertz CT molecular complexity index is 1340. The van der Waals surface area contributed by atoms with Gasteiger partial charge in [0, 0.05) is 17.6 Å². The smallest absolute Gasteiger partial charge is 0.229 e. The fourth-order valence-electron chi connectivity index (χ4n) is 3.47. The van der Waals surface area contributed by atoms with Gasteiger partial charge in [-0.05, 0) is 90.7 Å². The molecule has 0 unspecified atom stereocenters. The van der Waals surface area contributed by atoms with Gasteiger partial charge in [-0.2, -0.15) is 15.5 Å². The van der Waals surface area contributed by atoms with Crippen molar-refractivity contribution in [3.63, 3.8) is 0 Å². The highest BCUT2D eigenvalue weighted by Crippen LogP contribution is 2.30. The molecule has 4 rings (SSSR count). The van der Waals surface area contributed by atoms with Gasteiger partial charge in [-0.3, -0.25) is 0 Å². The number of rotatable bonds is 5. The molecule has 1 aromatic heterocycles. The molecule has 0 aliphatic carbocycles. The lowest BCUT2D eigenvalue weighted by atomic mass is 9.97. The fraction of sp³-hybridized carbons (Fsp3) is 0.0769. The van der Waals surface area contributed by atoms with Crippen LogP contribution >= 0.6 is 0 Å². The van der Waals surface area contributed by atoms with Crippen LogP contribution in [-0.2, 0) is 0 Å². The number of anilines is 4. The summed E-state index contributed by atoms with van der Waals surface area (Å²) >= 11 is 0. The topological polar surface area (TPSA) is 97.4 Å². The third-order valence-electron chi connectivity index (χ3n) is 5.04. The standard InChI is InChI=1S/C26H20N6/c1-17-12-22(21-5-3-4-20(14-21)16-28)13-18(2)25(17)31-24-10-11-29-26(32-24)30-23-8-6-19(15-27)7-9-23/h3-14H,1-2H3,(H2,29,30,31,32). The SMILES string of the molecule is Cc1cc(-c2cccc(C#N)c2)cc(C)c1Nc1ccnc(Nc2ccc(C#N)cc2)n1. The van der Waals surface area contributed by atoms with Crippen molar-refractivity contribution in [2.45, 2.75) is 13.8 Å². The van der Waals surface area contributed by atoms with Crippen LogP contribution in [0.3, 0.4) is 0 Å². The number of nitrogens with zero attached hydrogens (tertiary/aromatic N) is 4. The van der Waals surface area contributed by atoms with E-state index in [2.05, 4.69) is 44.9 Å². The Hall–Kier alpha value is -4.68. The largest absolute Gasteiger partial charge is 0.340 e. The lowest BCUT2D eigenvalue weighted by molar-refractivity contribution is 1.16. The second kappa shape index (κ2) is 8.99. The Morgan fingerprint density at radius 3 is 2.16 bits per heavy atom. The number of nitrogens with one attached hydrogen (secondary N) is 2. The molecule has 0 atom stereocenters. The summed E-state index contributed by atoms with van der Waals surface area (Å²) in [5.41, 5.74) is 7.24. The molecule has 6 heteroatoms. The van der Waals surface area contributed by atoms with Gasteiger partial charge in [0.25, 0.3) is 0 Å². The van der Waals surface area contributed by atoms with Gasteiger partial charge in [0.2, 0.25) is 5.95 Å². The number of nitriles is 2. The second-order valence-corrected chi connectivity index (χ2v) is 7.38. The fourth-order valence-corrected chi connectivity index (χ4v) is 3.47. The van der Waals surface area contributed by atoms with Crippen molar-refractivity contribution in [1.29, 1.82) is 10.5 Å². The van der Waals surface area contributed by atoms with Crippen molar-refractivity contribution >= 4 is 23.1 Å². The summed E-state index contributed by atoms with van der Waals surface area (Å²) in [5, 5.41) is 24.7. The molecule has 1 heterocycles. The van der Waals surface area contributed by atoms with Crippen LogP contribution in [0.1, 0.15) is 22.3 Å². The highest BCUT2D eigenvalue weighted by molar-refractivity contribution is 5.74. The first-order chi connectivity index (χ1) is 15.6. The van der Waals surface area contributed by atoms with E-state index < -0.39 is 0 Å². The first-order valence-electron chi connectivity index (χ1n) is 10.0. The monoisotopic (exact) mass is 416 g/mol. The molecule has 2 N–H and O–H groups in total. The lowest BCUT2D eigenvalue weighted by Crippen LogP contribution is -2.02. The maximum absolute atomic E-state index is 9.18. The van der Waals surface area contributed by atoms with Crippen LogP contribution < -0.4 is 10.6 Å². The van der Waals surface area contributed by atoms with Crippen LogP contribution in [0.4, 0.5) is 23.1 Å². The van der Waals surface area contributed by atoms with E-state index in [0.29, 0.717) is 22.9 Å². The number of benzene rings is 3. The number of aryl methyl sites for hydroxylation is 2. The highest BCUT2D eigenvalue weighted by atomic mass is 15.1. The molecule has 0 aliphatic rings. The quantitative estimate of drug-likeness (QED) is 0.415. The second-order valence-electron chi connectivity index (χ2n) is 7.38. The van der Waals surface area contributed by atoms with E-state index >= 15 is 0 Å². The van der Waals surface area contributed by atoms with Gasteiger partial charge in [-0.15, -0.1) is 0 Å². The third-order valence-corrected chi connectivity index (χ3v) is 5.04. The number of aromatic nitrogens is 2. The van der Waals surface area contributed by atoms with Crippen LogP contribution in [0.2, 0.25) is 0 Å². The minimum Gasteiger partial charge on any atom is -0.340 e. The predicted molar refractivity (Wildman–Crippen MR) is 126 cm³/mol. The minimum absolute atomic E-state index is 0.458. The Kier molecular flexibility index (Phi) is 5.78. The molecule has 0 bridgehead atoms. The van der Waals surface area contributed by atoms with Gasteiger partial charge in [-0.1, -0.05) is 12.1 Å². The van der Waals surface area contributed by atoms with Crippen molar-refractivity contribution in [3.8, 4) is 23.3 Å². The highest BCUT2D eigenvalue weighted by Gasteiger charge is 2.09. The van der Waals surface area contributed by atoms with Crippen molar-refractivity contribution in [2.24, 2.45) is 0 Å². The van der Waals surface area contributed by atoms with E-state index in [1.807, 2.05) is 50.2 Å². The average molecular weight is 416 g/mol. The van der Waals surface area contributed by atoms with Crippen LogP contribution in [0.15, 0.2) is 72.9 Å². The van der Waals surface area contributed by atoms with Crippen molar-refractivity contribution in [1.82, 2.24) is 9.97 Å². The maximum atomic E-state index is 9.18. The Balaban J connectivity index is 1.57. The van der Waals surface area contributed by atoms with Gasteiger partial charge in [-0.25, -0.2) is 4.98 Å². The predicted octanol–water partition coefficient (Wildman–Crippen LogP) is 5.99. The summed E-state index contributed by atoms with van der Waals surface area (Å²) < 4.78 is 0. The molecule has 0 saturated carbocycles. The maximum Gasteiger partial charge on any atom is 0.229 e. The summed E-state index contributed by atoms with van der Waals surface area (Å²) in [6.45, 7) is 4.09. The number of hydrogen-bond acceptors (Lipinski definition) is 6. The van der Waals surface area contributed by atoms with E-state index in [9.17, 15) is 5.26 Å². The molecule has 0 amide bonds. The molecule has 3 aromatic carbocycles. The molecule has 32 heavy (non-hydrogen) atoms. The molecule has 6 nitrogen and oxygen atoms in total. The van der Waals surface area contributed by atoms with Crippen LogP contribution in [0.5, 0.6) is 0 Å². The van der Waals surface area contributed by atoms with Crippen molar-refractivity contribution in [3.05, 3.63) is 95.2 Å². The molecule has 154 valence electrons. The minimum atomic E-state index is 0.458. The molecule has 0 spiro atoms. The first-order valence-corrected chi connectivity index (χ1v) is 10.0. The molecular formula is C26H20N6. The van der Waals surface area contributed by atoms with Crippen molar-refractivity contribution < 1.29 is 0 Å². The lowest BCUT2D eigenvalue weighted by Gasteiger charge is -2.15. The van der Waals surface area contributed by atoms with Crippen molar-refractivity contribution in [2.75, 3.05) is 10.6 Å². The zero-order valence-corrected chi connectivity index (χ0v) is 17.7. The van der Waals surface area contributed by atoms with E-state index in [1.54, 1.807) is 24.4 Å². The summed E-state index contributed by atoms with van der Waals surface area (Å²) in [6, 6.07) is 25.0. The molecule has 0 radical (unpaired) electrons. The molecule has 0 aliphatic heterocycles. The normalized spacial score (nSPS) is 10.1. The van der Waals surface area contributed by atoms with Gasteiger partial charge in [0.15, 0.2) is 0 Å². The van der Waals surface area contributed by atoms with Gasteiger partial charge < -0.3 is 10.6 Å². The molecule has 0 fully saturated rings. The number of hydrogen-bond donors (Lipinski definition) is 2.